The van der Waals surface area contributed by atoms with Crippen LogP contribution in [0.2, 0.25) is 0 Å². The minimum atomic E-state index is 0.0920. The van der Waals surface area contributed by atoms with Crippen molar-refractivity contribution >= 4 is 0 Å². The van der Waals surface area contributed by atoms with Crippen molar-refractivity contribution < 1.29 is 4.74 Å². The van der Waals surface area contributed by atoms with E-state index in [2.05, 4.69) is 38.2 Å². The smallest absolute Gasteiger partial charge is 0.0616 e. The molecular weight excluding hydrogens is 212 g/mol. The summed E-state index contributed by atoms with van der Waals surface area (Å²) in [4.78, 5) is 0. The lowest BCUT2D eigenvalue weighted by Crippen LogP contribution is -2.57. The number of hydrogen-bond donors (Lipinski definition) is 2. The molecule has 2 atom stereocenters. The van der Waals surface area contributed by atoms with Crippen molar-refractivity contribution in [2.45, 2.75) is 51.7 Å². The van der Waals surface area contributed by atoms with Gasteiger partial charge in [-0.3, -0.25) is 0 Å². The van der Waals surface area contributed by atoms with Crippen LogP contribution < -0.4 is 11.1 Å². The molecule has 1 heterocycles. The average Bonchev–Trinajstić information content (AvgIpc) is 2.35. The largest absolute Gasteiger partial charge is 0.378 e. The van der Waals surface area contributed by atoms with Crippen molar-refractivity contribution in [3.05, 3.63) is 12.2 Å². The maximum absolute atomic E-state index is 5.98. The molecule has 2 unspecified atom stereocenters. The number of rotatable bonds is 6. The zero-order valence-electron chi connectivity index (χ0n) is 11.5. The van der Waals surface area contributed by atoms with Gasteiger partial charge < -0.3 is 15.8 Å². The predicted octanol–water partition coefficient (Wildman–Crippen LogP) is 2.07. The molecule has 0 saturated carbocycles. The standard InChI is InChI=1S/C14H28N2O/c1-4-5-6-8-16-14(11-15)7-9-17-13(10-14)12(2)3/h4-5,12-13,16H,6-11,15H2,1-3H3/b5-4+. The minimum Gasteiger partial charge on any atom is -0.378 e. The Morgan fingerprint density at radius 2 is 2.29 bits per heavy atom. The van der Waals surface area contributed by atoms with E-state index in [1.54, 1.807) is 0 Å². The highest BCUT2D eigenvalue weighted by Gasteiger charge is 2.36. The molecule has 0 amide bonds. The first-order valence-corrected chi connectivity index (χ1v) is 6.81. The normalized spacial score (nSPS) is 30.3. The van der Waals surface area contributed by atoms with E-state index in [1.807, 2.05) is 0 Å². The maximum Gasteiger partial charge on any atom is 0.0616 e. The van der Waals surface area contributed by atoms with Gasteiger partial charge in [0.1, 0.15) is 0 Å². The third-order valence-electron chi connectivity index (χ3n) is 3.69. The molecule has 1 saturated heterocycles. The van der Waals surface area contributed by atoms with Crippen molar-refractivity contribution in [2.75, 3.05) is 19.7 Å². The first kappa shape index (κ1) is 14.7. The van der Waals surface area contributed by atoms with Crippen LogP contribution >= 0.6 is 0 Å². The molecular formula is C14H28N2O. The van der Waals surface area contributed by atoms with Gasteiger partial charge in [0.25, 0.3) is 0 Å². The molecule has 17 heavy (non-hydrogen) atoms. The van der Waals surface area contributed by atoms with Crippen molar-refractivity contribution in [1.29, 1.82) is 0 Å². The van der Waals surface area contributed by atoms with Gasteiger partial charge in [-0.15, -0.1) is 0 Å². The van der Waals surface area contributed by atoms with Crippen molar-refractivity contribution in [2.24, 2.45) is 11.7 Å². The summed E-state index contributed by atoms with van der Waals surface area (Å²) in [5.41, 5.74) is 6.07. The van der Waals surface area contributed by atoms with Crippen LogP contribution in [-0.4, -0.2) is 31.3 Å². The third-order valence-corrected chi connectivity index (χ3v) is 3.69. The lowest BCUT2D eigenvalue weighted by Gasteiger charge is -2.42. The third kappa shape index (κ3) is 4.41. The van der Waals surface area contributed by atoms with Crippen LogP contribution in [0.3, 0.4) is 0 Å². The second-order valence-electron chi connectivity index (χ2n) is 5.38. The fourth-order valence-corrected chi connectivity index (χ4v) is 2.39. The second-order valence-corrected chi connectivity index (χ2v) is 5.38. The Kier molecular flexibility index (Phi) is 6.17. The summed E-state index contributed by atoms with van der Waals surface area (Å²) >= 11 is 0. The van der Waals surface area contributed by atoms with Gasteiger partial charge in [0.15, 0.2) is 0 Å². The highest BCUT2D eigenvalue weighted by molar-refractivity contribution is 4.95. The summed E-state index contributed by atoms with van der Waals surface area (Å²) in [6.07, 6.45) is 7.78. The molecule has 0 spiro atoms. The maximum atomic E-state index is 5.98. The second kappa shape index (κ2) is 7.14. The number of allylic oxidation sites excluding steroid dienone is 1. The van der Waals surface area contributed by atoms with Crippen LogP contribution in [0.25, 0.3) is 0 Å². The predicted molar refractivity (Wildman–Crippen MR) is 73.0 cm³/mol. The van der Waals surface area contributed by atoms with E-state index in [9.17, 15) is 0 Å². The molecule has 0 bridgehead atoms. The van der Waals surface area contributed by atoms with E-state index in [0.717, 1.165) is 32.4 Å². The Hall–Kier alpha value is -0.380. The molecule has 1 aliphatic heterocycles. The zero-order chi connectivity index (χ0) is 12.7. The van der Waals surface area contributed by atoms with E-state index >= 15 is 0 Å². The topological polar surface area (TPSA) is 47.3 Å². The lowest BCUT2D eigenvalue weighted by atomic mass is 9.83. The Morgan fingerprint density at radius 3 is 2.88 bits per heavy atom. The number of nitrogens with two attached hydrogens (primary N) is 1. The van der Waals surface area contributed by atoms with E-state index in [1.165, 1.54) is 0 Å². The summed E-state index contributed by atoms with van der Waals surface area (Å²) in [5, 5.41) is 3.65. The molecule has 1 aliphatic rings. The lowest BCUT2D eigenvalue weighted by molar-refractivity contribution is -0.0491. The molecule has 1 rings (SSSR count). The molecule has 0 aromatic rings. The van der Waals surface area contributed by atoms with Gasteiger partial charge in [-0.05, 0) is 38.6 Å². The molecule has 0 aromatic heterocycles. The quantitative estimate of drug-likeness (QED) is 0.552. The van der Waals surface area contributed by atoms with Gasteiger partial charge in [-0.2, -0.15) is 0 Å². The van der Waals surface area contributed by atoms with E-state index < -0.39 is 0 Å². The first-order chi connectivity index (χ1) is 8.13. The summed E-state index contributed by atoms with van der Waals surface area (Å²) in [6.45, 7) is 9.04. The van der Waals surface area contributed by atoms with Gasteiger partial charge in [0.2, 0.25) is 0 Å². The highest BCUT2D eigenvalue weighted by Crippen LogP contribution is 2.27. The number of hydrogen-bond acceptors (Lipinski definition) is 3. The van der Waals surface area contributed by atoms with Crippen molar-refractivity contribution in [1.82, 2.24) is 5.32 Å². The number of ether oxygens (including phenoxy) is 1. The Morgan fingerprint density at radius 1 is 1.53 bits per heavy atom. The average molecular weight is 240 g/mol. The van der Waals surface area contributed by atoms with Crippen LogP contribution in [0.5, 0.6) is 0 Å². The van der Waals surface area contributed by atoms with Crippen LogP contribution in [0.15, 0.2) is 12.2 Å². The fraction of sp³-hybridized carbons (Fsp3) is 0.857. The van der Waals surface area contributed by atoms with Gasteiger partial charge >= 0.3 is 0 Å². The summed E-state index contributed by atoms with van der Waals surface area (Å²) in [7, 11) is 0. The fourth-order valence-electron chi connectivity index (χ4n) is 2.39. The Bertz CT molecular complexity index is 240. The first-order valence-electron chi connectivity index (χ1n) is 6.81. The van der Waals surface area contributed by atoms with E-state index in [-0.39, 0.29) is 5.54 Å². The molecule has 3 N–H and O–H groups in total. The Balaban J connectivity index is 2.48. The molecule has 3 nitrogen and oxygen atoms in total. The summed E-state index contributed by atoms with van der Waals surface area (Å²) < 4.78 is 5.81. The van der Waals surface area contributed by atoms with Crippen molar-refractivity contribution in [3.63, 3.8) is 0 Å². The Labute approximate surface area is 106 Å². The van der Waals surface area contributed by atoms with Crippen molar-refractivity contribution in [3.8, 4) is 0 Å². The van der Waals surface area contributed by atoms with Gasteiger partial charge in [0.05, 0.1) is 6.10 Å². The molecule has 0 aromatic carbocycles. The summed E-state index contributed by atoms with van der Waals surface area (Å²) in [5.74, 6) is 0.568. The molecule has 100 valence electrons. The number of nitrogens with one attached hydrogen (secondary N) is 1. The molecule has 1 fully saturated rings. The van der Waals surface area contributed by atoms with E-state index in [0.29, 0.717) is 18.6 Å². The van der Waals surface area contributed by atoms with Gasteiger partial charge in [0, 0.05) is 18.7 Å². The van der Waals surface area contributed by atoms with Crippen LogP contribution in [0.4, 0.5) is 0 Å². The zero-order valence-corrected chi connectivity index (χ0v) is 11.5. The summed E-state index contributed by atoms with van der Waals surface area (Å²) in [6, 6.07) is 0. The molecule has 0 radical (unpaired) electrons. The molecule has 3 heteroatoms. The van der Waals surface area contributed by atoms with E-state index in [4.69, 9.17) is 10.5 Å². The van der Waals surface area contributed by atoms with Crippen LogP contribution in [0, 0.1) is 5.92 Å². The van der Waals surface area contributed by atoms with Gasteiger partial charge in [-0.1, -0.05) is 26.0 Å². The highest BCUT2D eigenvalue weighted by atomic mass is 16.5. The minimum absolute atomic E-state index is 0.0920. The van der Waals surface area contributed by atoms with Crippen LogP contribution in [-0.2, 0) is 4.74 Å². The molecule has 0 aliphatic carbocycles. The van der Waals surface area contributed by atoms with Crippen LogP contribution in [0.1, 0.15) is 40.0 Å². The van der Waals surface area contributed by atoms with Gasteiger partial charge in [-0.25, -0.2) is 0 Å². The monoisotopic (exact) mass is 240 g/mol. The SMILES string of the molecule is C/C=C/CCNC1(CN)CCOC(C(C)C)C1.